The summed E-state index contributed by atoms with van der Waals surface area (Å²) in [5.74, 6) is 0.766. The molecule has 0 atom stereocenters. The molecule has 0 amide bonds. The molecule has 0 radical (unpaired) electrons. The molecule has 3 aromatic rings. The summed E-state index contributed by atoms with van der Waals surface area (Å²) in [7, 11) is 0. The number of halogens is 2. The predicted octanol–water partition coefficient (Wildman–Crippen LogP) is 5.89. The Morgan fingerprint density at radius 3 is 2.64 bits per heavy atom. The van der Waals surface area contributed by atoms with E-state index in [9.17, 15) is 0 Å². The standard InChI is InChI=1S/C17H17Cl2N3/c1-2-3-10-22-11-8-12-15(22)7-9-20-17(12)21-16-13(18)5-4-6-14(16)19/h4-9,11H,2-3,10H2,1H3,(H,20,21). The first kappa shape index (κ1) is 15.2. The minimum Gasteiger partial charge on any atom is -0.347 e. The van der Waals surface area contributed by atoms with Gasteiger partial charge in [0.05, 0.1) is 21.2 Å². The van der Waals surface area contributed by atoms with Crippen molar-refractivity contribution in [2.24, 2.45) is 0 Å². The minimum atomic E-state index is 0.580. The first-order valence-electron chi connectivity index (χ1n) is 7.35. The number of anilines is 2. The van der Waals surface area contributed by atoms with Gasteiger partial charge in [0.15, 0.2) is 0 Å². The van der Waals surface area contributed by atoms with Crippen molar-refractivity contribution in [3.05, 3.63) is 52.8 Å². The number of benzene rings is 1. The molecule has 3 nitrogen and oxygen atoms in total. The van der Waals surface area contributed by atoms with E-state index in [1.165, 1.54) is 6.42 Å². The molecule has 0 aliphatic carbocycles. The Hall–Kier alpha value is -1.71. The first-order chi connectivity index (χ1) is 10.7. The molecule has 2 aromatic heterocycles. The van der Waals surface area contributed by atoms with Crippen molar-refractivity contribution in [3.63, 3.8) is 0 Å². The Morgan fingerprint density at radius 1 is 1.14 bits per heavy atom. The SMILES string of the molecule is CCCCn1ccc2c(Nc3c(Cl)cccc3Cl)nccc21. The van der Waals surface area contributed by atoms with Crippen molar-refractivity contribution < 1.29 is 0 Å². The molecule has 0 spiro atoms. The van der Waals surface area contributed by atoms with Gasteiger partial charge in [-0.2, -0.15) is 0 Å². The zero-order valence-corrected chi connectivity index (χ0v) is 13.8. The van der Waals surface area contributed by atoms with Gasteiger partial charge in [-0.15, -0.1) is 0 Å². The highest BCUT2D eigenvalue weighted by Gasteiger charge is 2.10. The Morgan fingerprint density at radius 2 is 1.91 bits per heavy atom. The maximum atomic E-state index is 6.22. The van der Waals surface area contributed by atoms with Gasteiger partial charge in [-0.05, 0) is 30.7 Å². The zero-order valence-electron chi connectivity index (χ0n) is 12.3. The van der Waals surface area contributed by atoms with Gasteiger partial charge in [-0.3, -0.25) is 0 Å². The molecule has 0 fully saturated rings. The van der Waals surface area contributed by atoms with Gasteiger partial charge in [0.1, 0.15) is 5.82 Å². The normalized spacial score (nSPS) is 11.0. The lowest BCUT2D eigenvalue weighted by Crippen LogP contribution is -1.98. The number of pyridine rings is 1. The van der Waals surface area contributed by atoms with Crippen molar-refractivity contribution >= 4 is 45.6 Å². The zero-order chi connectivity index (χ0) is 15.5. The molecular formula is C17H17Cl2N3. The van der Waals surface area contributed by atoms with E-state index in [4.69, 9.17) is 23.2 Å². The predicted molar refractivity (Wildman–Crippen MR) is 94.4 cm³/mol. The fourth-order valence-electron chi connectivity index (χ4n) is 2.48. The lowest BCUT2D eigenvalue weighted by molar-refractivity contribution is 0.650. The van der Waals surface area contributed by atoms with E-state index < -0.39 is 0 Å². The average Bonchev–Trinajstić information content (AvgIpc) is 2.93. The van der Waals surface area contributed by atoms with Gasteiger partial charge in [0.25, 0.3) is 0 Å². The molecule has 0 saturated heterocycles. The molecule has 0 unspecified atom stereocenters. The summed E-state index contributed by atoms with van der Waals surface area (Å²) < 4.78 is 2.25. The first-order valence-corrected chi connectivity index (χ1v) is 8.11. The molecule has 0 aliphatic rings. The van der Waals surface area contributed by atoms with Crippen LogP contribution in [0.5, 0.6) is 0 Å². The van der Waals surface area contributed by atoms with Crippen LogP contribution in [0.2, 0.25) is 10.0 Å². The number of unbranched alkanes of at least 4 members (excludes halogenated alkanes) is 1. The largest absolute Gasteiger partial charge is 0.347 e. The third-order valence-electron chi connectivity index (χ3n) is 3.66. The second-order valence-electron chi connectivity index (χ2n) is 5.18. The number of fused-ring (bicyclic) bond motifs is 1. The summed E-state index contributed by atoms with van der Waals surface area (Å²) in [4.78, 5) is 4.44. The van der Waals surface area contributed by atoms with E-state index in [-0.39, 0.29) is 0 Å². The van der Waals surface area contributed by atoms with Gasteiger partial charge in [-0.1, -0.05) is 42.6 Å². The smallest absolute Gasteiger partial charge is 0.139 e. The second-order valence-corrected chi connectivity index (χ2v) is 5.99. The summed E-state index contributed by atoms with van der Waals surface area (Å²) in [6, 6.07) is 9.55. The van der Waals surface area contributed by atoms with Crippen molar-refractivity contribution in [1.82, 2.24) is 9.55 Å². The maximum absolute atomic E-state index is 6.22. The molecule has 5 heteroatoms. The summed E-state index contributed by atoms with van der Waals surface area (Å²) in [5.41, 5.74) is 1.85. The molecular weight excluding hydrogens is 317 g/mol. The third-order valence-corrected chi connectivity index (χ3v) is 4.29. The number of aromatic nitrogens is 2. The summed E-state index contributed by atoms with van der Waals surface area (Å²) in [6.07, 6.45) is 6.23. The molecule has 2 heterocycles. The van der Waals surface area contributed by atoms with Crippen molar-refractivity contribution in [2.45, 2.75) is 26.3 Å². The van der Waals surface area contributed by atoms with Crippen LogP contribution in [-0.4, -0.2) is 9.55 Å². The summed E-state index contributed by atoms with van der Waals surface area (Å²) in [6.45, 7) is 3.20. The van der Waals surface area contributed by atoms with E-state index in [0.717, 1.165) is 29.7 Å². The third kappa shape index (κ3) is 2.92. The number of para-hydroxylation sites is 1. The molecule has 22 heavy (non-hydrogen) atoms. The molecule has 114 valence electrons. The average molecular weight is 334 g/mol. The lowest BCUT2D eigenvalue weighted by Gasteiger charge is -2.11. The van der Waals surface area contributed by atoms with E-state index in [2.05, 4.69) is 34.1 Å². The van der Waals surface area contributed by atoms with E-state index in [1.807, 2.05) is 24.3 Å². The monoisotopic (exact) mass is 333 g/mol. The van der Waals surface area contributed by atoms with Crippen molar-refractivity contribution in [2.75, 3.05) is 5.32 Å². The number of aryl methyl sites for hydroxylation is 1. The van der Waals surface area contributed by atoms with Crippen LogP contribution in [0.3, 0.4) is 0 Å². The Balaban J connectivity index is 1.99. The van der Waals surface area contributed by atoms with Gasteiger partial charge in [0.2, 0.25) is 0 Å². The number of rotatable bonds is 5. The van der Waals surface area contributed by atoms with Crippen LogP contribution in [0.25, 0.3) is 10.9 Å². The van der Waals surface area contributed by atoms with Gasteiger partial charge < -0.3 is 9.88 Å². The van der Waals surface area contributed by atoms with E-state index >= 15 is 0 Å². The molecule has 1 aromatic carbocycles. The Kier molecular flexibility index (Phi) is 4.55. The van der Waals surface area contributed by atoms with Crippen molar-refractivity contribution in [3.8, 4) is 0 Å². The van der Waals surface area contributed by atoms with Gasteiger partial charge in [0, 0.05) is 24.3 Å². The van der Waals surface area contributed by atoms with E-state index in [1.54, 1.807) is 6.20 Å². The van der Waals surface area contributed by atoms with Crippen LogP contribution < -0.4 is 5.32 Å². The van der Waals surface area contributed by atoms with Crippen LogP contribution in [0.1, 0.15) is 19.8 Å². The van der Waals surface area contributed by atoms with E-state index in [0.29, 0.717) is 15.7 Å². The van der Waals surface area contributed by atoms with Crippen LogP contribution in [0, 0.1) is 0 Å². The maximum Gasteiger partial charge on any atom is 0.139 e. The van der Waals surface area contributed by atoms with Crippen LogP contribution in [-0.2, 0) is 6.54 Å². The molecule has 1 N–H and O–H groups in total. The molecule has 3 rings (SSSR count). The topological polar surface area (TPSA) is 29.9 Å². The molecule has 0 aliphatic heterocycles. The highest BCUT2D eigenvalue weighted by Crippen LogP contribution is 2.34. The number of nitrogens with zero attached hydrogens (tertiary/aromatic N) is 2. The Bertz CT molecular complexity index is 775. The second kappa shape index (κ2) is 6.59. The van der Waals surface area contributed by atoms with Gasteiger partial charge in [-0.25, -0.2) is 4.98 Å². The Labute approximate surface area is 139 Å². The summed E-state index contributed by atoms with van der Waals surface area (Å²) >= 11 is 12.4. The summed E-state index contributed by atoms with van der Waals surface area (Å²) in [5, 5.41) is 5.49. The number of hydrogen-bond donors (Lipinski definition) is 1. The molecule has 0 bridgehead atoms. The highest BCUT2D eigenvalue weighted by atomic mass is 35.5. The highest BCUT2D eigenvalue weighted by molar-refractivity contribution is 6.39. The van der Waals surface area contributed by atoms with Gasteiger partial charge >= 0.3 is 0 Å². The van der Waals surface area contributed by atoms with Crippen LogP contribution >= 0.6 is 23.2 Å². The van der Waals surface area contributed by atoms with Crippen LogP contribution in [0.4, 0.5) is 11.5 Å². The van der Waals surface area contributed by atoms with Crippen molar-refractivity contribution in [1.29, 1.82) is 0 Å². The minimum absolute atomic E-state index is 0.580. The quantitative estimate of drug-likeness (QED) is 0.631. The lowest BCUT2D eigenvalue weighted by atomic mass is 10.2. The fourth-order valence-corrected chi connectivity index (χ4v) is 2.97. The van der Waals surface area contributed by atoms with Crippen LogP contribution in [0.15, 0.2) is 42.7 Å². The fraction of sp³-hybridized carbons (Fsp3) is 0.235. The molecule has 0 saturated carbocycles. The number of hydrogen-bond acceptors (Lipinski definition) is 2. The number of nitrogens with one attached hydrogen (secondary N) is 1.